The van der Waals surface area contributed by atoms with Gasteiger partial charge in [0, 0.05) is 11.1 Å². The average molecular weight is 309 g/mol. The fourth-order valence-corrected chi connectivity index (χ4v) is 2.19. The van der Waals surface area contributed by atoms with Gasteiger partial charge in [-0.15, -0.1) is 0 Å². The lowest BCUT2D eigenvalue weighted by atomic mass is 10.0. The second-order valence-electron chi connectivity index (χ2n) is 6.30. The van der Waals surface area contributed by atoms with E-state index in [0.29, 0.717) is 6.54 Å². The zero-order valence-corrected chi connectivity index (χ0v) is 14.0. The maximum absolute atomic E-state index is 11.8. The van der Waals surface area contributed by atoms with Crippen LogP contribution in [0.4, 0.5) is 0 Å². The van der Waals surface area contributed by atoms with E-state index in [1.807, 2.05) is 81.4 Å². The number of carbonyl (C=O) groups excluding carboxylic acids is 1. The Morgan fingerprint density at radius 1 is 0.913 bits per heavy atom. The van der Waals surface area contributed by atoms with Crippen molar-refractivity contribution in [3.8, 4) is 0 Å². The van der Waals surface area contributed by atoms with Crippen LogP contribution in [0.3, 0.4) is 0 Å². The van der Waals surface area contributed by atoms with E-state index in [-0.39, 0.29) is 12.4 Å². The van der Waals surface area contributed by atoms with E-state index in [0.717, 1.165) is 16.8 Å². The molecule has 3 nitrogen and oxygen atoms in total. The first-order chi connectivity index (χ1) is 11.0. The molecule has 0 fully saturated rings. The summed E-state index contributed by atoms with van der Waals surface area (Å²) in [6, 6.07) is 20.0. The highest BCUT2D eigenvalue weighted by Crippen LogP contribution is 2.12. The normalized spacial score (nSPS) is 10.9. The summed E-state index contributed by atoms with van der Waals surface area (Å²) in [4.78, 5) is 16.5. The summed E-state index contributed by atoms with van der Waals surface area (Å²) in [7, 11) is 0. The summed E-state index contributed by atoms with van der Waals surface area (Å²) in [6.07, 6.45) is 0.278. The third kappa shape index (κ3) is 5.70. The van der Waals surface area contributed by atoms with Crippen molar-refractivity contribution in [2.24, 2.45) is 4.99 Å². The van der Waals surface area contributed by atoms with Crippen molar-refractivity contribution in [3.05, 3.63) is 71.8 Å². The molecular weight excluding hydrogens is 286 g/mol. The zero-order chi connectivity index (χ0) is 16.7. The van der Waals surface area contributed by atoms with Gasteiger partial charge >= 0.3 is 5.97 Å². The molecule has 0 aliphatic carbocycles. The Morgan fingerprint density at radius 3 is 1.83 bits per heavy atom. The van der Waals surface area contributed by atoms with E-state index in [1.165, 1.54) is 0 Å². The van der Waals surface area contributed by atoms with Crippen LogP contribution in [0.5, 0.6) is 0 Å². The van der Waals surface area contributed by atoms with Crippen molar-refractivity contribution >= 4 is 11.7 Å². The summed E-state index contributed by atoms with van der Waals surface area (Å²) < 4.78 is 5.32. The Bertz CT molecular complexity index is 614. The molecule has 0 aromatic heterocycles. The maximum atomic E-state index is 11.8. The van der Waals surface area contributed by atoms with Crippen LogP contribution in [0.1, 0.15) is 38.3 Å². The van der Waals surface area contributed by atoms with Crippen molar-refractivity contribution in [2.75, 3.05) is 6.54 Å². The average Bonchev–Trinajstić information content (AvgIpc) is 2.51. The molecule has 0 saturated heterocycles. The van der Waals surface area contributed by atoms with Gasteiger partial charge in [0.2, 0.25) is 0 Å². The van der Waals surface area contributed by atoms with Crippen LogP contribution < -0.4 is 0 Å². The molecular formula is C20H23NO2. The van der Waals surface area contributed by atoms with Gasteiger partial charge in [0.25, 0.3) is 0 Å². The summed E-state index contributed by atoms with van der Waals surface area (Å²) in [6.45, 7) is 6.02. The molecule has 0 bridgehead atoms. The van der Waals surface area contributed by atoms with Crippen molar-refractivity contribution in [2.45, 2.75) is 32.8 Å². The number of benzene rings is 2. The molecule has 0 amide bonds. The quantitative estimate of drug-likeness (QED) is 0.611. The number of rotatable bonds is 5. The molecule has 0 unspecified atom stereocenters. The van der Waals surface area contributed by atoms with E-state index in [2.05, 4.69) is 4.99 Å². The Kier molecular flexibility index (Phi) is 5.69. The fraction of sp³-hybridized carbons (Fsp3) is 0.300. The van der Waals surface area contributed by atoms with Crippen molar-refractivity contribution in [1.82, 2.24) is 0 Å². The smallest absolute Gasteiger partial charge is 0.308 e. The number of nitrogens with zero attached hydrogens (tertiary/aromatic N) is 1. The van der Waals surface area contributed by atoms with Crippen LogP contribution in [0, 0.1) is 0 Å². The van der Waals surface area contributed by atoms with E-state index < -0.39 is 5.60 Å². The van der Waals surface area contributed by atoms with Gasteiger partial charge in [0.1, 0.15) is 5.60 Å². The highest BCUT2D eigenvalue weighted by molar-refractivity contribution is 6.12. The van der Waals surface area contributed by atoms with Gasteiger partial charge in [-0.3, -0.25) is 9.79 Å². The Morgan fingerprint density at radius 2 is 1.39 bits per heavy atom. The van der Waals surface area contributed by atoms with E-state index in [1.54, 1.807) is 0 Å². The number of hydrogen-bond donors (Lipinski definition) is 0. The number of aliphatic imine (C=N–C) groups is 1. The highest BCUT2D eigenvalue weighted by atomic mass is 16.6. The predicted octanol–water partition coefficient (Wildman–Crippen LogP) is 4.26. The molecule has 0 saturated carbocycles. The van der Waals surface area contributed by atoms with Crippen LogP contribution in [0.15, 0.2) is 65.7 Å². The van der Waals surface area contributed by atoms with E-state index in [4.69, 9.17) is 4.74 Å². The lowest BCUT2D eigenvalue weighted by Crippen LogP contribution is -2.24. The van der Waals surface area contributed by atoms with Crippen LogP contribution in [-0.2, 0) is 9.53 Å². The minimum absolute atomic E-state index is 0.221. The van der Waals surface area contributed by atoms with Gasteiger partial charge in [-0.25, -0.2) is 0 Å². The van der Waals surface area contributed by atoms with Crippen molar-refractivity contribution in [3.63, 3.8) is 0 Å². The van der Waals surface area contributed by atoms with Gasteiger partial charge in [0.05, 0.1) is 18.7 Å². The Balaban J connectivity index is 2.14. The molecule has 0 radical (unpaired) electrons. The molecule has 120 valence electrons. The molecule has 0 heterocycles. The lowest BCUT2D eigenvalue weighted by Gasteiger charge is -2.19. The molecule has 2 aromatic carbocycles. The van der Waals surface area contributed by atoms with E-state index >= 15 is 0 Å². The van der Waals surface area contributed by atoms with Gasteiger partial charge in [0.15, 0.2) is 0 Å². The molecule has 3 heteroatoms. The highest BCUT2D eigenvalue weighted by Gasteiger charge is 2.15. The number of esters is 1. The van der Waals surface area contributed by atoms with Crippen LogP contribution in [-0.4, -0.2) is 23.8 Å². The first-order valence-corrected chi connectivity index (χ1v) is 7.83. The maximum Gasteiger partial charge on any atom is 0.308 e. The topological polar surface area (TPSA) is 38.7 Å². The molecule has 0 atom stereocenters. The second-order valence-corrected chi connectivity index (χ2v) is 6.30. The fourth-order valence-electron chi connectivity index (χ4n) is 2.19. The number of hydrogen-bond acceptors (Lipinski definition) is 3. The summed E-state index contributed by atoms with van der Waals surface area (Å²) >= 11 is 0. The van der Waals surface area contributed by atoms with Crippen LogP contribution in [0.25, 0.3) is 0 Å². The summed E-state index contributed by atoms with van der Waals surface area (Å²) in [5.41, 5.74) is 2.53. The largest absolute Gasteiger partial charge is 0.460 e. The monoisotopic (exact) mass is 309 g/mol. The van der Waals surface area contributed by atoms with Crippen LogP contribution >= 0.6 is 0 Å². The first kappa shape index (κ1) is 16.9. The third-order valence-electron chi connectivity index (χ3n) is 3.10. The minimum atomic E-state index is -0.456. The van der Waals surface area contributed by atoms with Gasteiger partial charge < -0.3 is 4.74 Å². The van der Waals surface area contributed by atoms with E-state index in [9.17, 15) is 4.79 Å². The Hall–Kier alpha value is -2.42. The Labute approximate surface area is 138 Å². The van der Waals surface area contributed by atoms with Gasteiger partial charge in [-0.1, -0.05) is 60.7 Å². The van der Waals surface area contributed by atoms with Crippen molar-refractivity contribution < 1.29 is 9.53 Å². The standard InChI is InChI=1S/C20H23NO2/c1-20(2,3)23-18(22)14-15-21-19(16-10-6-4-7-11-16)17-12-8-5-9-13-17/h4-13H,14-15H2,1-3H3. The second kappa shape index (κ2) is 7.73. The SMILES string of the molecule is CC(C)(C)OC(=O)CCN=C(c1ccccc1)c1ccccc1. The van der Waals surface area contributed by atoms with Crippen molar-refractivity contribution in [1.29, 1.82) is 0 Å². The molecule has 0 aliphatic heterocycles. The predicted molar refractivity (Wildman–Crippen MR) is 93.9 cm³/mol. The molecule has 0 aliphatic rings. The van der Waals surface area contributed by atoms with Gasteiger partial charge in [-0.2, -0.15) is 0 Å². The minimum Gasteiger partial charge on any atom is -0.460 e. The first-order valence-electron chi connectivity index (χ1n) is 7.83. The summed E-state index contributed by atoms with van der Waals surface area (Å²) in [5.74, 6) is -0.221. The third-order valence-corrected chi connectivity index (χ3v) is 3.10. The van der Waals surface area contributed by atoms with Gasteiger partial charge in [-0.05, 0) is 20.8 Å². The molecule has 0 spiro atoms. The number of carbonyl (C=O) groups is 1. The molecule has 23 heavy (non-hydrogen) atoms. The molecule has 2 aromatic rings. The lowest BCUT2D eigenvalue weighted by molar-refractivity contribution is -0.154. The van der Waals surface area contributed by atoms with Crippen LogP contribution in [0.2, 0.25) is 0 Å². The molecule has 0 N–H and O–H groups in total. The zero-order valence-electron chi connectivity index (χ0n) is 14.0. The molecule has 2 rings (SSSR count). The number of ether oxygens (including phenoxy) is 1. The summed E-state index contributed by atoms with van der Waals surface area (Å²) in [5, 5.41) is 0.